The van der Waals surface area contributed by atoms with Gasteiger partial charge in [-0.05, 0) is 31.2 Å². The Bertz CT molecular complexity index is 1030. The summed E-state index contributed by atoms with van der Waals surface area (Å²) in [7, 11) is 0. The van der Waals surface area contributed by atoms with Crippen molar-refractivity contribution in [3.05, 3.63) is 64.5 Å². The highest BCUT2D eigenvalue weighted by Crippen LogP contribution is 2.35. The minimum Gasteiger partial charge on any atom is -0.492 e. The third kappa shape index (κ3) is 4.91. The average molecular weight is 416 g/mol. The molecule has 1 amide bonds. The summed E-state index contributed by atoms with van der Waals surface area (Å²) in [6.07, 6.45) is 2.86. The molecule has 0 spiro atoms. The van der Waals surface area contributed by atoms with Crippen molar-refractivity contribution in [1.29, 1.82) is 0 Å². The molecule has 0 atom stereocenters. The number of ether oxygens (including phenoxy) is 2. The first kappa shape index (κ1) is 19.9. The van der Waals surface area contributed by atoms with E-state index in [1.165, 1.54) is 17.4 Å². The van der Waals surface area contributed by atoms with Gasteiger partial charge in [0.05, 0.1) is 17.3 Å². The molecule has 0 saturated carbocycles. The molecule has 28 heavy (non-hydrogen) atoms. The molecule has 0 aliphatic rings. The second-order valence-corrected chi connectivity index (χ2v) is 7.16. The minimum absolute atomic E-state index is 0.399. The van der Waals surface area contributed by atoms with Crippen LogP contribution in [0.2, 0.25) is 5.02 Å². The summed E-state index contributed by atoms with van der Waals surface area (Å²) in [4.78, 5) is 24.7. The van der Waals surface area contributed by atoms with Gasteiger partial charge in [0.2, 0.25) is 0 Å². The molecule has 0 aliphatic carbocycles. The lowest BCUT2D eigenvalue weighted by atomic mass is 10.2. The van der Waals surface area contributed by atoms with Crippen molar-refractivity contribution in [1.82, 2.24) is 0 Å². The van der Waals surface area contributed by atoms with E-state index in [1.807, 2.05) is 37.3 Å². The van der Waals surface area contributed by atoms with Gasteiger partial charge in [0, 0.05) is 21.0 Å². The zero-order valence-electron chi connectivity index (χ0n) is 15.1. The van der Waals surface area contributed by atoms with Gasteiger partial charge in [0.15, 0.2) is 6.61 Å². The van der Waals surface area contributed by atoms with Gasteiger partial charge in [-0.25, -0.2) is 4.79 Å². The van der Waals surface area contributed by atoms with Crippen LogP contribution in [0.4, 0.5) is 5.69 Å². The lowest BCUT2D eigenvalue weighted by Gasteiger charge is -2.11. The molecule has 2 aromatic carbocycles. The zero-order chi connectivity index (χ0) is 19.9. The Kier molecular flexibility index (Phi) is 6.68. The van der Waals surface area contributed by atoms with Crippen LogP contribution in [0.15, 0.2) is 54.6 Å². The van der Waals surface area contributed by atoms with Gasteiger partial charge in [0.25, 0.3) is 5.91 Å². The Morgan fingerprint density at radius 1 is 1.14 bits per heavy atom. The van der Waals surface area contributed by atoms with Crippen molar-refractivity contribution in [3.8, 4) is 5.75 Å². The van der Waals surface area contributed by atoms with Gasteiger partial charge >= 0.3 is 5.97 Å². The van der Waals surface area contributed by atoms with Crippen molar-refractivity contribution in [2.45, 2.75) is 6.92 Å². The number of anilines is 1. The highest BCUT2D eigenvalue weighted by atomic mass is 35.5. The van der Waals surface area contributed by atoms with Crippen LogP contribution < -0.4 is 10.1 Å². The molecule has 0 unspecified atom stereocenters. The molecule has 0 bridgehead atoms. The summed E-state index contributed by atoms with van der Waals surface area (Å²) >= 11 is 7.81. The van der Waals surface area contributed by atoms with Crippen molar-refractivity contribution >= 4 is 56.7 Å². The SMILES string of the molecule is CCOc1ccccc1NC(=O)COC(=O)/C=C/c1sc2ccccc2c1Cl. The predicted octanol–water partition coefficient (Wildman–Crippen LogP) is 5.15. The van der Waals surface area contributed by atoms with Crippen LogP contribution in [-0.2, 0) is 14.3 Å². The molecule has 144 valence electrons. The summed E-state index contributed by atoms with van der Waals surface area (Å²) in [5.41, 5.74) is 0.526. The number of amides is 1. The summed E-state index contributed by atoms with van der Waals surface area (Å²) < 4.78 is 11.5. The molecule has 0 aliphatic heterocycles. The highest BCUT2D eigenvalue weighted by molar-refractivity contribution is 7.20. The van der Waals surface area contributed by atoms with Gasteiger partial charge in [0.1, 0.15) is 5.75 Å². The quantitative estimate of drug-likeness (QED) is 0.428. The van der Waals surface area contributed by atoms with Crippen LogP contribution in [-0.4, -0.2) is 25.1 Å². The van der Waals surface area contributed by atoms with E-state index in [4.69, 9.17) is 21.1 Å². The maximum absolute atomic E-state index is 12.0. The van der Waals surface area contributed by atoms with Crippen LogP contribution in [0.25, 0.3) is 16.2 Å². The molecule has 3 rings (SSSR count). The predicted molar refractivity (Wildman–Crippen MR) is 113 cm³/mol. The molecule has 1 heterocycles. The first-order chi connectivity index (χ1) is 13.6. The molecule has 1 N–H and O–H groups in total. The van der Waals surface area contributed by atoms with Crippen molar-refractivity contribution in [3.63, 3.8) is 0 Å². The summed E-state index contributed by atoms with van der Waals surface area (Å²) in [5, 5.41) is 4.20. The number of carbonyl (C=O) groups excluding carboxylic acids is 2. The van der Waals surface area contributed by atoms with E-state index in [9.17, 15) is 9.59 Å². The molecule has 7 heteroatoms. The van der Waals surface area contributed by atoms with Gasteiger partial charge in [-0.15, -0.1) is 11.3 Å². The molecule has 0 saturated heterocycles. The lowest BCUT2D eigenvalue weighted by molar-refractivity contribution is -0.142. The van der Waals surface area contributed by atoms with Crippen molar-refractivity contribution in [2.24, 2.45) is 0 Å². The molecule has 5 nitrogen and oxygen atoms in total. The van der Waals surface area contributed by atoms with Crippen LogP contribution >= 0.6 is 22.9 Å². The molecule has 0 fully saturated rings. The van der Waals surface area contributed by atoms with E-state index in [2.05, 4.69) is 5.32 Å². The number of esters is 1. The summed E-state index contributed by atoms with van der Waals surface area (Å²) in [6.45, 7) is 1.94. The van der Waals surface area contributed by atoms with Gasteiger partial charge in [-0.2, -0.15) is 0 Å². The number of fused-ring (bicyclic) bond motifs is 1. The van der Waals surface area contributed by atoms with E-state index in [0.29, 0.717) is 23.1 Å². The van der Waals surface area contributed by atoms with E-state index in [-0.39, 0.29) is 0 Å². The number of hydrogen-bond acceptors (Lipinski definition) is 5. The lowest BCUT2D eigenvalue weighted by Crippen LogP contribution is -2.20. The first-order valence-corrected chi connectivity index (χ1v) is 9.81. The van der Waals surface area contributed by atoms with Crippen LogP contribution in [0.3, 0.4) is 0 Å². The van der Waals surface area contributed by atoms with Crippen molar-refractivity contribution < 1.29 is 19.1 Å². The number of thiophene rings is 1. The molecular weight excluding hydrogens is 398 g/mol. The fourth-order valence-electron chi connectivity index (χ4n) is 2.51. The van der Waals surface area contributed by atoms with Gasteiger partial charge in [-0.1, -0.05) is 41.9 Å². The fourth-order valence-corrected chi connectivity index (χ4v) is 3.91. The Morgan fingerprint density at radius 2 is 1.89 bits per heavy atom. The van der Waals surface area contributed by atoms with Crippen LogP contribution in [0.1, 0.15) is 11.8 Å². The number of benzene rings is 2. The standard InChI is InChI=1S/C21H18ClNO4S/c1-2-26-16-9-5-4-8-15(16)23-19(24)13-27-20(25)12-11-18-21(22)14-7-3-6-10-17(14)28-18/h3-12H,2,13H2,1H3,(H,23,24)/b12-11+. The number of carbonyl (C=O) groups is 2. The third-order valence-corrected chi connectivity index (χ3v) is 5.39. The molecule has 1 aromatic heterocycles. The van der Waals surface area contributed by atoms with Crippen LogP contribution in [0, 0.1) is 0 Å². The number of nitrogens with one attached hydrogen (secondary N) is 1. The zero-order valence-corrected chi connectivity index (χ0v) is 16.7. The number of hydrogen-bond donors (Lipinski definition) is 1. The van der Waals surface area contributed by atoms with Crippen molar-refractivity contribution in [2.75, 3.05) is 18.5 Å². The third-order valence-electron chi connectivity index (χ3n) is 3.74. The normalized spacial score (nSPS) is 10.9. The van der Waals surface area contributed by atoms with E-state index in [1.54, 1.807) is 24.3 Å². The Morgan fingerprint density at radius 3 is 2.68 bits per heavy atom. The van der Waals surface area contributed by atoms with E-state index >= 15 is 0 Å². The Labute approximate surface area is 171 Å². The fraction of sp³-hybridized carbons (Fsp3) is 0.143. The topological polar surface area (TPSA) is 64.6 Å². The number of halogens is 1. The maximum Gasteiger partial charge on any atom is 0.331 e. The molecule has 0 radical (unpaired) electrons. The second-order valence-electron chi connectivity index (χ2n) is 5.69. The highest BCUT2D eigenvalue weighted by Gasteiger charge is 2.10. The van der Waals surface area contributed by atoms with E-state index in [0.717, 1.165) is 15.0 Å². The monoisotopic (exact) mass is 415 g/mol. The summed E-state index contributed by atoms with van der Waals surface area (Å²) in [6, 6.07) is 14.8. The van der Waals surface area contributed by atoms with Gasteiger partial charge in [-0.3, -0.25) is 4.79 Å². The van der Waals surface area contributed by atoms with Crippen LogP contribution in [0.5, 0.6) is 5.75 Å². The average Bonchev–Trinajstić information content (AvgIpc) is 3.02. The number of rotatable bonds is 7. The summed E-state index contributed by atoms with van der Waals surface area (Å²) in [5.74, 6) is -0.514. The Hall–Kier alpha value is -2.83. The molecular formula is C21H18ClNO4S. The maximum atomic E-state index is 12.0. The Balaban J connectivity index is 1.56. The number of para-hydroxylation sites is 2. The first-order valence-electron chi connectivity index (χ1n) is 8.62. The van der Waals surface area contributed by atoms with E-state index < -0.39 is 18.5 Å². The molecule has 3 aromatic rings. The smallest absolute Gasteiger partial charge is 0.331 e. The largest absolute Gasteiger partial charge is 0.492 e. The van der Waals surface area contributed by atoms with Gasteiger partial charge < -0.3 is 14.8 Å². The minimum atomic E-state index is -0.623. The second kappa shape index (κ2) is 9.39.